The van der Waals surface area contributed by atoms with Crippen LogP contribution in [0.1, 0.15) is 70.4 Å². The number of rotatable bonds is 6. The summed E-state index contributed by atoms with van der Waals surface area (Å²) in [5.41, 5.74) is 0.139. The maximum atomic E-state index is 15.0. The fraction of sp³-hybridized carbons (Fsp3) is 0.548. The van der Waals surface area contributed by atoms with E-state index < -0.39 is 94.8 Å². The predicted molar refractivity (Wildman–Crippen MR) is 207 cm³/mol. The zero-order valence-corrected chi connectivity index (χ0v) is 33.2. The van der Waals surface area contributed by atoms with Gasteiger partial charge in [-0.05, 0) is 94.0 Å². The van der Waals surface area contributed by atoms with E-state index in [-0.39, 0.29) is 43.3 Å². The van der Waals surface area contributed by atoms with Crippen molar-refractivity contribution < 1.29 is 42.3 Å². The van der Waals surface area contributed by atoms with Crippen molar-refractivity contribution in [3.8, 4) is 0 Å². The van der Waals surface area contributed by atoms with Crippen LogP contribution in [0.15, 0.2) is 42.5 Å². The molecular formula is C42H51F2N7O7. The number of ketones is 1. The molecule has 9 atom stereocenters. The Balaban J connectivity index is 1.25. The van der Waals surface area contributed by atoms with Crippen molar-refractivity contribution in [2.24, 2.45) is 17.8 Å². The summed E-state index contributed by atoms with van der Waals surface area (Å²) >= 11 is 0. The second kappa shape index (κ2) is 16.1. The van der Waals surface area contributed by atoms with Crippen LogP contribution in [0.4, 0.5) is 19.3 Å². The van der Waals surface area contributed by atoms with Gasteiger partial charge in [0.2, 0.25) is 29.5 Å². The number of halogens is 2. The molecule has 4 aliphatic heterocycles. The number of nitrogens with one attached hydrogen (secondary N) is 4. The molecule has 5 aliphatic rings. The van der Waals surface area contributed by atoms with E-state index in [2.05, 4.69) is 21.3 Å². The van der Waals surface area contributed by atoms with Gasteiger partial charge in [-0.2, -0.15) is 0 Å². The normalized spacial score (nSPS) is 30.6. The number of hydrogen-bond donors (Lipinski definition) is 4. The highest BCUT2D eigenvalue weighted by Gasteiger charge is 2.74. The molecule has 1 spiro atoms. The van der Waals surface area contributed by atoms with Gasteiger partial charge in [-0.25, -0.2) is 13.6 Å². The summed E-state index contributed by atoms with van der Waals surface area (Å²) in [4.78, 5) is 104. The van der Waals surface area contributed by atoms with Gasteiger partial charge in [0.05, 0.1) is 5.92 Å². The molecular weight excluding hydrogens is 752 g/mol. The Bertz CT molecular complexity index is 1990. The Hall–Kier alpha value is -5.41. The standard InChI is InChI=1S/C42H51F2N7O7/c1-22-10-12-29(13-11-22)46-41(58)47-30(18-26-16-27(43)19-28(44)17-26)36(53)48-34-24(3)33-35(52)42(33)20-23(2)21-51(42)38(55)25(4)45-37(54)31-8-5-6-14-49(31)39(56)32-9-7-15-50(32)40(34)57/h10-13,16-17,19,23-25,30-34H,5-9,14-15,18,20-21H2,1-4H3,(H,45,54)(H,48,53)(H2,46,47,58)/t23-,24+,25+,30+,31+,32+,33+,34+,42-/m1/s1. The van der Waals surface area contributed by atoms with Gasteiger partial charge in [0.25, 0.3) is 0 Å². The zero-order chi connectivity index (χ0) is 41.6. The van der Waals surface area contributed by atoms with Gasteiger partial charge in [-0.1, -0.05) is 31.5 Å². The average molecular weight is 804 g/mol. The highest BCUT2D eigenvalue weighted by molar-refractivity contribution is 6.12. The summed E-state index contributed by atoms with van der Waals surface area (Å²) in [6.45, 7) is 7.71. The Morgan fingerprint density at radius 1 is 0.862 bits per heavy atom. The molecule has 4 saturated heterocycles. The van der Waals surface area contributed by atoms with E-state index in [1.54, 1.807) is 38.1 Å². The van der Waals surface area contributed by atoms with E-state index in [0.29, 0.717) is 50.3 Å². The van der Waals surface area contributed by atoms with Crippen LogP contribution >= 0.6 is 0 Å². The molecule has 4 N–H and O–H groups in total. The first kappa shape index (κ1) is 40.8. The fourth-order valence-electron chi connectivity index (χ4n) is 9.76. The lowest BCUT2D eigenvalue weighted by Gasteiger charge is -2.39. The molecule has 7 amide bonds. The Morgan fingerprint density at radius 3 is 2.22 bits per heavy atom. The monoisotopic (exact) mass is 803 g/mol. The van der Waals surface area contributed by atoms with Gasteiger partial charge in [0.1, 0.15) is 47.4 Å². The molecule has 1 saturated carbocycles. The Morgan fingerprint density at radius 2 is 1.52 bits per heavy atom. The lowest BCUT2D eigenvalue weighted by Crippen LogP contribution is -2.61. The number of piperidine rings is 1. The minimum absolute atomic E-state index is 0.0544. The molecule has 310 valence electrons. The summed E-state index contributed by atoms with van der Waals surface area (Å²) in [6, 6.07) is 3.13. The number of Topliss-reactive ketones (excluding diaryl/α,β-unsaturated/α-hetero) is 1. The van der Waals surface area contributed by atoms with Gasteiger partial charge in [-0.15, -0.1) is 0 Å². The van der Waals surface area contributed by atoms with Crippen molar-refractivity contribution in [1.82, 2.24) is 30.7 Å². The maximum absolute atomic E-state index is 15.0. The summed E-state index contributed by atoms with van der Waals surface area (Å²) in [6.07, 6.45) is 2.44. The fourth-order valence-corrected chi connectivity index (χ4v) is 9.76. The number of nitrogens with zero attached hydrogens (tertiary/aromatic N) is 3. The highest BCUT2D eigenvalue weighted by atomic mass is 19.1. The van der Waals surface area contributed by atoms with Crippen LogP contribution in [-0.2, 0) is 35.2 Å². The van der Waals surface area contributed by atoms with Gasteiger partial charge >= 0.3 is 6.03 Å². The van der Waals surface area contributed by atoms with E-state index in [1.807, 2.05) is 13.8 Å². The smallest absolute Gasteiger partial charge is 0.319 e. The van der Waals surface area contributed by atoms with E-state index in [0.717, 1.165) is 17.7 Å². The van der Waals surface area contributed by atoms with Crippen LogP contribution in [0, 0.1) is 36.3 Å². The molecule has 5 fully saturated rings. The van der Waals surface area contributed by atoms with Crippen molar-refractivity contribution in [2.45, 2.75) is 108 Å². The van der Waals surface area contributed by atoms with Crippen LogP contribution < -0.4 is 21.3 Å². The molecule has 14 nitrogen and oxygen atoms in total. The van der Waals surface area contributed by atoms with Crippen molar-refractivity contribution in [3.05, 3.63) is 65.2 Å². The Kier molecular flexibility index (Phi) is 11.3. The first-order valence-electron chi connectivity index (χ1n) is 20.3. The lowest BCUT2D eigenvalue weighted by atomic mass is 9.90. The molecule has 7 rings (SSSR count). The van der Waals surface area contributed by atoms with Crippen LogP contribution in [0.25, 0.3) is 0 Å². The predicted octanol–water partition coefficient (Wildman–Crippen LogP) is 2.82. The molecule has 4 heterocycles. The zero-order valence-electron chi connectivity index (χ0n) is 33.2. The molecule has 0 aromatic heterocycles. The molecule has 16 heteroatoms. The van der Waals surface area contributed by atoms with Crippen molar-refractivity contribution >= 4 is 47.0 Å². The number of benzene rings is 2. The average Bonchev–Trinajstić information content (AvgIpc) is 3.47. The number of fused-ring (bicyclic) bond motifs is 2. The van der Waals surface area contributed by atoms with E-state index in [4.69, 9.17) is 0 Å². The third-order valence-electron chi connectivity index (χ3n) is 12.6. The van der Waals surface area contributed by atoms with Crippen molar-refractivity contribution in [1.29, 1.82) is 0 Å². The quantitative estimate of drug-likeness (QED) is 0.347. The minimum Gasteiger partial charge on any atom is -0.343 e. The van der Waals surface area contributed by atoms with Gasteiger partial charge in [-0.3, -0.25) is 28.8 Å². The third-order valence-corrected chi connectivity index (χ3v) is 12.6. The van der Waals surface area contributed by atoms with Crippen LogP contribution in [0.3, 0.4) is 0 Å². The Labute approximate surface area is 335 Å². The molecule has 0 radical (unpaired) electrons. The second-order valence-electron chi connectivity index (χ2n) is 16.8. The number of carbonyl (C=O) groups excluding carboxylic acids is 7. The molecule has 0 unspecified atom stereocenters. The third kappa shape index (κ3) is 7.76. The summed E-state index contributed by atoms with van der Waals surface area (Å²) < 4.78 is 28.8. The molecule has 1 aliphatic carbocycles. The van der Waals surface area contributed by atoms with Crippen molar-refractivity contribution in [3.63, 3.8) is 0 Å². The maximum Gasteiger partial charge on any atom is 0.319 e. The SMILES string of the molecule is Cc1ccc(NC(=O)N[C@@H](Cc2cc(F)cc(F)c2)C(=O)N[C@@H]2C(=O)N3CCC[C@H]3C(=O)N3CCCC[C@H]3C(=O)N[C@@H](C)C(=O)N3C[C@H](C)C[C@@]34C(=O)[C@@H]4[C@@H]2C)cc1. The number of anilines is 1. The molecule has 2 aromatic rings. The topological polar surface area (TPSA) is 177 Å². The summed E-state index contributed by atoms with van der Waals surface area (Å²) in [7, 11) is 0. The van der Waals surface area contributed by atoms with E-state index in [1.165, 1.54) is 14.7 Å². The lowest BCUT2D eigenvalue weighted by molar-refractivity contribution is -0.151. The van der Waals surface area contributed by atoms with Gasteiger partial charge < -0.3 is 36.0 Å². The van der Waals surface area contributed by atoms with Crippen LogP contribution in [0.5, 0.6) is 0 Å². The van der Waals surface area contributed by atoms with Crippen LogP contribution in [-0.4, -0.2) is 111 Å². The van der Waals surface area contributed by atoms with E-state index in [9.17, 15) is 42.3 Å². The molecule has 0 bridgehead atoms. The second-order valence-corrected chi connectivity index (χ2v) is 16.8. The number of amides is 7. The molecule has 2 aromatic carbocycles. The van der Waals surface area contributed by atoms with Gasteiger partial charge in [0.15, 0.2) is 5.78 Å². The van der Waals surface area contributed by atoms with Gasteiger partial charge in [0, 0.05) is 37.8 Å². The summed E-state index contributed by atoms with van der Waals surface area (Å²) in [5, 5.41) is 10.9. The number of aryl methyl sites for hydroxylation is 1. The molecule has 58 heavy (non-hydrogen) atoms. The highest BCUT2D eigenvalue weighted by Crippen LogP contribution is 2.57. The van der Waals surface area contributed by atoms with E-state index >= 15 is 0 Å². The largest absolute Gasteiger partial charge is 0.343 e. The first-order chi connectivity index (χ1) is 27.6. The van der Waals surface area contributed by atoms with Crippen molar-refractivity contribution in [2.75, 3.05) is 25.0 Å². The summed E-state index contributed by atoms with van der Waals surface area (Å²) in [5.74, 6) is -6.78. The number of hydrogen-bond acceptors (Lipinski definition) is 7. The van der Waals surface area contributed by atoms with Crippen LogP contribution in [0.2, 0.25) is 0 Å². The number of urea groups is 1. The minimum atomic E-state index is -1.47. The number of carbonyl (C=O) groups is 7. The first-order valence-corrected chi connectivity index (χ1v) is 20.3.